The number of carbonyl (C=O) groups excluding carboxylic acids is 1. The molecule has 8 heteroatoms. The molecule has 0 aliphatic carbocycles. The summed E-state index contributed by atoms with van der Waals surface area (Å²) in [7, 11) is 2.99. The van der Waals surface area contributed by atoms with Crippen molar-refractivity contribution in [3.63, 3.8) is 0 Å². The fourth-order valence-electron chi connectivity index (χ4n) is 4.19. The summed E-state index contributed by atoms with van der Waals surface area (Å²) >= 11 is 0. The molecule has 182 valence electrons. The molecule has 1 aliphatic rings. The summed E-state index contributed by atoms with van der Waals surface area (Å²) in [5, 5.41) is 0. The Hall–Kier alpha value is -3.91. The summed E-state index contributed by atoms with van der Waals surface area (Å²) < 4.78 is 18.0. The van der Waals surface area contributed by atoms with E-state index in [1.807, 2.05) is 42.5 Å². The first-order chi connectivity index (χ1) is 17.1. The number of aromatic nitrogens is 2. The van der Waals surface area contributed by atoms with Crippen molar-refractivity contribution in [1.29, 1.82) is 0 Å². The molecule has 4 rings (SSSR count). The molecule has 0 fully saturated rings. The van der Waals surface area contributed by atoms with Crippen LogP contribution in [0.25, 0.3) is 6.08 Å². The maximum absolute atomic E-state index is 13.0. The van der Waals surface area contributed by atoms with Crippen molar-refractivity contribution in [2.75, 3.05) is 33.9 Å². The molecule has 8 nitrogen and oxygen atoms in total. The topological polar surface area (TPSA) is 82.9 Å². The number of rotatable bonds is 8. The van der Waals surface area contributed by atoms with E-state index in [2.05, 4.69) is 16.0 Å². The first kappa shape index (κ1) is 24.2. The van der Waals surface area contributed by atoms with Crippen molar-refractivity contribution in [1.82, 2.24) is 14.5 Å². The van der Waals surface area contributed by atoms with Crippen LogP contribution in [0.3, 0.4) is 0 Å². The van der Waals surface area contributed by atoms with E-state index in [4.69, 9.17) is 14.2 Å². The van der Waals surface area contributed by atoms with Gasteiger partial charge in [-0.2, -0.15) is 0 Å². The molecule has 0 saturated heterocycles. The molecule has 0 unspecified atom stereocenters. The second-order valence-electron chi connectivity index (χ2n) is 8.16. The molecule has 0 spiro atoms. The maximum Gasteiger partial charge on any atom is 0.343 e. The number of ether oxygens (including phenoxy) is 3. The minimum atomic E-state index is -0.514. The van der Waals surface area contributed by atoms with Crippen LogP contribution in [0, 0.1) is 0 Å². The number of hydrogen-bond acceptors (Lipinski definition) is 7. The van der Waals surface area contributed by atoms with Crippen LogP contribution < -0.4 is 15.0 Å². The van der Waals surface area contributed by atoms with E-state index in [0.29, 0.717) is 43.9 Å². The number of hydrogen-bond donors (Lipinski definition) is 0. The van der Waals surface area contributed by atoms with Crippen molar-refractivity contribution in [3.8, 4) is 11.5 Å². The van der Waals surface area contributed by atoms with Gasteiger partial charge in [-0.1, -0.05) is 36.4 Å². The Kier molecular flexibility index (Phi) is 7.95. The average Bonchev–Trinajstić information content (AvgIpc) is 3.11. The molecule has 0 bridgehead atoms. The van der Waals surface area contributed by atoms with Crippen LogP contribution in [0.4, 0.5) is 0 Å². The molecule has 1 aromatic carbocycles. The van der Waals surface area contributed by atoms with Crippen LogP contribution >= 0.6 is 0 Å². The number of pyridine rings is 2. The number of fused-ring (bicyclic) bond motifs is 1. The normalized spacial score (nSPS) is 13.8. The lowest BCUT2D eigenvalue weighted by Gasteiger charge is -2.17. The summed E-state index contributed by atoms with van der Waals surface area (Å²) in [4.78, 5) is 32.0. The van der Waals surface area contributed by atoms with Crippen molar-refractivity contribution in [2.45, 2.75) is 19.6 Å². The van der Waals surface area contributed by atoms with Gasteiger partial charge < -0.3 is 18.8 Å². The molecule has 3 aromatic rings. The summed E-state index contributed by atoms with van der Waals surface area (Å²) in [5.41, 5.74) is 2.60. The number of para-hydroxylation sites is 1. The monoisotopic (exact) mass is 475 g/mol. The molecule has 1 aliphatic heterocycles. The van der Waals surface area contributed by atoms with Crippen molar-refractivity contribution >= 4 is 12.0 Å². The second kappa shape index (κ2) is 11.5. The quantitative estimate of drug-likeness (QED) is 0.463. The second-order valence-corrected chi connectivity index (χ2v) is 8.16. The Morgan fingerprint density at radius 1 is 1.09 bits per heavy atom. The van der Waals surface area contributed by atoms with Gasteiger partial charge in [0.25, 0.3) is 5.56 Å². The molecule has 35 heavy (non-hydrogen) atoms. The van der Waals surface area contributed by atoms with E-state index in [1.165, 1.54) is 13.2 Å². The number of carbonyl (C=O) groups is 1. The zero-order valence-electron chi connectivity index (χ0n) is 20.0. The Bertz CT molecular complexity index is 1250. The zero-order chi connectivity index (χ0) is 24.6. The van der Waals surface area contributed by atoms with Gasteiger partial charge in [0.15, 0.2) is 0 Å². The van der Waals surface area contributed by atoms with Crippen LogP contribution in [-0.2, 0) is 24.3 Å². The van der Waals surface area contributed by atoms with Gasteiger partial charge in [0.2, 0.25) is 0 Å². The fourth-order valence-corrected chi connectivity index (χ4v) is 4.19. The highest BCUT2D eigenvalue weighted by Crippen LogP contribution is 2.25. The highest BCUT2D eigenvalue weighted by atomic mass is 16.5. The highest BCUT2D eigenvalue weighted by molar-refractivity contribution is 5.93. The van der Waals surface area contributed by atoms with E-state index in [1.54, 1.807) is 24.1 Å². The fraction of sp³-hybridized carbons (Fsp3) is 0.296. The Morgan fingerprint density at radius 3 is 2.71 bits per heavy atom. The minimum absolute atomic E-state index is 0.194. The number of esters is 1. The van der Waals surface area contributed by atoms with Gasteiger partial charge in [-0.3, -0.25) is 14.7 Å². The third-order valence-electron chi connectivity index (χ3n) is 5.99. The Morgan fingerprint density at radius 2 is 1.94 bits per heavy atom. The average molecular weight is 476 g/mol. The zero-order valence-corrected chi connectivity index (χ0v) is 20.0. The minimum Gasteiger partial charge on any atom is -0.496 e. The van der Waals surface area contributed by atoms with Crippen molar-refractivity contribution in [3.05, 3.63) is 93.7 Å². The van der Waals surface area contributed by atoms with Gasteiger partial charge >= 0.3 is 5.97 Å². The summed E-state index contributed by atoms with van der Waals surface area (Å²) in [6.07, 6.45) is 8.00. The number of methoxy groups -OCH3 is 2. The summed E-state index contributed by atoms with van der Waals surface area (Å²) in [6.45, 7) is 2.74. The van der Waals surface area contributed by atoms with Crippen LogP contribution in [0.15, 0.2) is 65.7 Å². The van der Waals surface area contributed by atoms with E-state index in [9.17, 15) is 9.59 Å². The van der Waals surface area contributed by atoms with E-state index in [-0.39, 0.29) is 17.9 Å². The molecule has 3 heterocycles. The SMILES string of the molecule is COC(=O)c1c(OCc2cccnc2)cc(=O)n2c1CCN(C/C=C/c1ccccc1OC)CC2. The standard InChI is InChI=1S/C27H29N3O5/c1-33-23-10-4-3-8-21(23)9-6-13-29-14-11-22-26(27(32)34-2)24(17-25(31)30(22)16-15-29)35-19-20-7-5-12-28-18-20/h3-10,12,17-18H,11,13-16,19H2,1-2H3/b9-6+. The van der Waals surface area contributed by atoms with Crippen LogP contribution in [-0.4, -0.2) is 54.3 Å². The third-order valence-corrected chi connectivity index (χ3v) is 5.99. The lowest BCUT2D eigenvalue weighted by molar-refractivity contribution is 0.0592. The first-order valence-corrected chi connectivity index (χ1v) is 11.5. The van der Waals surface area contributed by atoms with Gasteiger partial charge in [0, 0.05) is 67.9 Å². The van der Waals surface area contributed by atoms with Gasteiger partial charge in [-0.05, 0) is 12.1 Å². The predicted octanol–water partition coefficient (Wildman–Crippen LogP) is 3.19. The molecule has 0 atom stereocenters. The summed E-state index contributed by atoms with van der Waals surface area (Å²) in [5.74, 6) is 0.543. The van der Waals surface area contributed by atoms with Gasteiger partial charge in [-0.15, -0.1) is 0 Å². The predicted molar refractivity (Wildman–Crippen MR) is 133 cm³/mol. The summed E-state index contributed by atoms with van der Waals surface area (Å²) in [6, 6.07) is 12.9. The maximum atomic E-state index is 13.0. The van der Waals surface area contributed by atoms with E-state index in [0.717, 1.165) is 16.9 Å². The van der Waals surface area contributed by atoms with E-state index >= 15 is 0 Å². The molecular weight excluding hydrogens is 446 g/mol. The van der Waals surface area contributed by atoms with Crippen molar-refractivity contribution < 1.29 is 19.0 Å². The Balaban J connectivity index is 1.53. The Labute approximate surface area is 204 Å². The molecule has 0 radical (unpaired) electrons. The van der Waals surface area contributed by atoms with Crippen LogP contribution in [0.1, 0.15) is 27.2 Å². The molecule has 0 N–H and O–H groups in total. The molecule has 0 amide bonds. The van der Waals surface area contributed by atoms with Crippen molar-refractivity contribution in [2.24, 2.45) is 0 Å². The first-order valence-electron chi connectivity index (χ1n) is 11.5. The van der Waals surface area contributed by atoms with Gasteiger partial charge in [-0.25, -0.2) is 4.79 Å². The van der Waals surface area contributed by atoms with Gasteiger partial charge in [0.1, 0.15) is 23.7 Å². The van der Waals surface area contributed by atoms with Crippen LogP contribution in [0.5, 0.6) is 11.5 Å². The van der Waals surface area contributed by atoms with Gasteiger partial charge in [0.05, 0.1) is 14.2 Å². The molecular formula is C27H29N3O5. The molecule has 0 saturated carbocycles. The third kappa shape index (κ3) is 5.78. The number of benzene rings is 1. The smallest absolute Gasteiger partial charge is 0.343 e. The lowest BCUT2D eigenvalue weighted by Crippen LogP contribution is -2.29. The highest BCUT2D eigenvalue weighted by Gasteiger charge is 2.26. The van der Waals surface area contributed by atoms with Crippen LogP contribution in [0.2, 0.25) is 0 Å². The molecule has 2 aromatic heterocycles. The lowest BCUT2D eigenvalue weighted by atomic mass is 10.1. The van der Waals surface area contributed by atoms with E-state index < -0.39 is 5.97 Å². The largest absolute Gasteiger partial charge is 0.496 e. The number of nitrogens with zero attached hydrogens (tertiary/aromatic N) is 3.